The average Bonchev–Trinajstić information content (AvgIpc) is 2.86. The number of aromatic nitrogens is 2. The van der Waals surface area contributed by atoms with Crippen molar-refractivity contribution < 1.29 is 23.0 Å². The molecule has 0 saturated carbocycles. The third-order valence-corrected chi connectivity index (χ3v) is 6.01. The molecule has 0 radical (unpaired) electrons. The Hall–Kier alpha value is -3.59. The third-order valence-electron chi connectivity index (χ3n) is 6.01. The number of fused-ring (bicyclic) bond motifs is 1. The Labute approximate surface area is 195 Å². The highest BCUT2D eigenvalue weighted by Crippen LogP contribution is 2.32. The maximum Gasteiger partial charge on any atom is 0.254 e. The minimum Gasteiger partial charge on any atom is -0.438 e. The molecule has 0 N–H and O–H groups in total. The zero-order chi connectivity index (χ0) is 23.7. The Bertz CT molecular complexity index is 1230. The number of aryl methyl sites for hydroxylation is 1. The van der Waals surface area contributed by atoms with Crippen LogP contribution in [0.15, 0.2) is 42.5 Å². The van der Waals surface area contributed by atoms with E-state index in [1.807, 2.05) is 4.90 Å². The zero-order valence-electron chi connectivity index (χ0n) is 18.8. The summed E-state index contributed by atoms with van der Waals surface area (Å²) in [5, 5.41) is 0. The fourth-order valence-electron chi connectivity index (χ4n) is 4.13. The first-order chi connectivity index (χ1) is 16.5. The minimum atomic E-state index is -0.461. The molecule has 0 atom stereocenters. The molecule has 2 aliphatic heterocycles. The predicted octanol–water partition coefficient (Wildman–Crippen LogP) is 3.89. The molecular formula is C25H24F2N4O3. The number of halogens is 2. The van der Waals surface area contributed by atoms with Gasteiger partial charge < -0.3 is 19.3 Å². The fraction of sp³-hybridized carbons (Fsp3) is 0.320. The van der Waals surface area contributed by atoms with Gasteiger partial charge in [0.25, 0.3) is 5.91 Å². The molecule has 3 heterocycles. The van der Waals surface area contributed by atoms with Crippen molar-refractivity contribution in [2.75, 3.05) is 37.7 Å². The van der Waals surface area contributed by atoms with E-state index < -0.39 is 5.82 Å². The molecule has 9 heteroatoms. The second-order valence-electron chi connectivity index (χ2n) is 8.35. The standard InChI is InChI=1S/C25H24F2N4O3/c1-16-13-19(5-6-21(16)27)34-23-20-15-31(24(32)17-3-2-4-18(26)14-17)8-7-22(20)28-25(29-23)30-9-11-33-12-10-30/h2-6,13-14H,7-12,15H2,1H3. The first-order valence-electron chi connectivity index (χ1n) is 11.2. The highest BCUT2D eigenvalue weighted by Gasteiger charge is 2.29. The lowest BCUT2D eigenvalue weighted by Gasteiger charge is -2.32. The molecule has 1 saturated heterocycles. The number of benzene rings is 2. The molecule has 34 heavy (non-hydrogen) atoms. The van der Waals surface area contributed by atoms with Crippen LogP contribution >= 0.6 is 0 Å². The van der Waals surface area contributed by atoms with Gasteiger partial charge in [0.2, 0.25) is 11.8 Å². The lowest BCUT2D eigenvalue weighted by Crippen LogP contribution is -2.39. The van der Waals surface area contributed by atoms with Crippen LogP contribution in [0, 0.1) is 18.6 Å². The Morgan fingerprint density at radius 1 is 1.06 bits per heavy atom. The van der Waals surface area contributed by atoms with Crippen LogP contribution in [0.2, 0.25) is 0 Å². The van der Waals surface area contributed by atoms with E-state index >= 15 is 0 Å². The van der Waals surface area contributed by atoms with Crippen molar-refractivity contribution in [2.45, 2.75) is 19.9 Å². The molecule has 1 amide bonds. The number of morpholine rings is 1. The van der Waals surface area contributed by atoms with Crippen molar-refractivity contribution in [3.8, 4) is 11.6 Å². The topological polar surface area (TPSA) is 67.8 Å². The van der Waals surface area contributed by atoms with Gasteiger partial charge in [0, 0.05) is 31.6 Å². The van der Waals surface area contributed by atoms with Gasteiger partial charge in [-0.3, -0.25) is 4.79 Å². The highest BCUT2D eigenvalue weighted by atomic mass is 19.1. The molecule has 1 aromatic heterocycles. The first kappa shape index (κ1) is 22.2. The summed E-state index contributed by atoms with van der Waals surface area (Å²) in [6, 6.07) is 10.1. The van der Waals surface area contributed by atoms with Crippen LogP contribution in [0.4, 0.5) is 14.7 Å². The number of rotatable bonds is 4. The Balaban J connectivity index is 1.49. The van der Waals surface area contributed by atoms with Gasteiger partial charge in [0.1, 0.15) is 17.4 Å². The van der Waals surface area contributed by atoms with Gasteiger partial charge in [0.15, 0.2) is 0 Å². The lowest BCUT2D eigenvalue weighted by molar-refractivity contribution is 0.0731. The monoisotopic (exact) mass is 466 g/mol. The number of amides is 1. The van der Waals surface area contributed by atoms with Crippen molar-refractivity contribution in [1.29, 1.82) is 0 Å². The summed E-state index contributed by atoms with van der Waals surface area (Å²) < 4.78 is 39.0. The normalized spacial score (nSPS) is 15.7. The number of hydrogen-bond acceptors (Lipinski definition) is 6. The highest BCUT2D eigenvalue weighted by molar-refractivity contribution is 5.94. The zero-order valence-corrected chi connectivity index (χ0v) is 18.8. The van der Waals surface area contributed by atoms with Gasteiger partial charge >= 0.3 is 0 Å². The van der Waals surface area contributed by atoms with E-state index in [1.54, 1.807) is 30.0 Å². The molecule has 176 valence electrons. The summed E-state index contributed by atoms with van der Waals surface area (Å²) in [4.78, 5) is 26.2. The number of carbonyl (C=O) groups is 1. The molecule has 2 aromatic carbocycles. The lowest BCUT2D eigenvalue weighted by atomic mass is 10.0. The van der Waals surface area contributed by atoms with Crippen molar-refractivity contribution in [3.63, 3.8) is 0 Å². The van der Waals surface area contributed by atoms with Gasteiger partial charge in [-0.25, -0.2) is 13.8 Å². The minimum absolute atomic E-state index is 0.226. The molecular weight excluding hydrogens is 442 g/mol. The van der Waals surface area contributed by atoms with Crippen LogP contribution < -0.4 is 9.64 Å². The molecule has 3 aromatic rings. The van der Waals surface area contributed by atoms with Crippen LogP contribution in [0.1, 0.15) is 27.2 Å². The van der Waals surface area contributed by atoms with E-state index in [0.717, 1.165) is 5.69 Å². The molecule has 2 aliphatic rings. The van der Waals surface area contributed by atoms with Crippen LogP contribution in [-0.4, -0.2) is 53.6 Å². The van der Waals surface area contributed by atoms with Crippen LogP contribution in [0.3, 0.4) is 0 Å². The van der Waals surface area contributed by atoms with Gasteiger partial charge in [-0.1, -0.05) is 6.07 Å². The first-order valence-corrected chi connectivity index (χ1v) is 11.2. The summed E-state index contributed by atoms with van der Waals surface area (Å²) in [6.45, 7) is 4.83. The molecule has 7 nitrogen and oxygen atoms in total. The Morgan fingerprint density at radius 2 is 1.88 bits per heavy atom. The van der Waals surface area contributed by atoms with Gasteiger partial charge in [0.05, 0.1) is 31.0 Å². The van der Waals surface area contributed by atoms with E-state index in [0.29, 0.717) is 68.0 Å². The van der Waals surface area contributed by atoms with Crippen molar-refractivity contribution in [3.05, 3.63) is 76.5 Å². The van der Waals surface area contributed by atoms with Gasteiger partial charge in [-0.05, 0) is 48.9 Å². The maximum absolute atomic E-state index is 13.8. The van der Waals surface area contributed by atoms with Gasteiger partial charge in [-0.15, -0.1) is 0 Å². The molecule has 0 unspecified atom stereocenters. The van der Waals surface area contributed by atoms with Crippen molar-refractivity contribution in [2.24, 2.45) is 0 Å². The van der Waals surface area contributed by atoms with E-state index in [2.05, 4.69) is 4.98 Å². The number of nitrogens with zero attached hydrogens (tertiary/aromatic N) is 4. The van der Waals surface area contributed by atoms with Crippen LogP contribution in [0.25, 0.3) is 0 Å². The third kappa shape index (κ3) is 4.56. The average molecular weight is 466 g/mol. The number of anilines is 1. The van der Waals surface area contributed by atoms with E-state index in [-0.39, 0.29) is 23.8 Å². The van der Waals surface area contributed by atoms with Crippen molar-refractivity contribution in [1.82, 2.24) is 14.9 Å². The maximum atomic E-state index is 13.8. The molecule has 0 aliphatic carbocycles. The smallest absolute Gasteiger partial charge is 0.254 e. The second kappa shape index (κ2) is 9.34. The predicted molar refractivity (Wildman–Crippen MR) is 121 cm³/mol. The van der Waals surface area contributed by atoms with E-state index in [1.165, 1.54) is 24.3 Å². The number of carbonyl (C=O) groups excluding carboxylic acids is 1. The van der Waals surface area contributed by atoms with Crippen LogP contribution in [-0.2, 0) is 17.7 Å². The molecule has 0 spiro atoms. The molecule has 1 fully saturated rings. The number of ether oxygens (including phenoxy) is 2. The summed E-state index contributed by atoms with van der Waals surface area (Å²) >= 11 is 0. The summed E-state index contributed by atoms with van der Waals surface area (Å²) in [5.74, 6) is 0.262. The fourth-order valence-corrected chi connectivity index (χ4v) is 4.13. The summed E-state index contributed by atoms with van der Waals surface area (Å²) in [7, 11) is 0. The summed E-state index contributed by atoms with van der Waals surface area (Å²) in [6.07, 6.45) is 0.509. The van der Waals surface area contributed by atoms with Crippen molar-refractivity contribution >= 4 is 11.9 Å². The Morgan fingerprint density at radius 3 is 2.65 bits per heavy atom. The molecule has 0 bridgehead atoms. The van der Waals surface area contributed by atoms with E-state index in [9.17, 15) is 13.6 Å². The van der Waals surface area contributed by atoms with Crippen LogP contribution in [0.5, 0.6) is 11.6 Å². The van der Waals surface area contributed by atoms with E-state index in [4.69, 9.17) is 14.5 Å². The quantitative estimate of drug-likeness (QED) is 0.581. The molecule has 5 rings (SSSR count). The largest absolute Gasteiger partial charge is 0.438 e. The summed E-state index contributed by atoms with van der Waals surface area (Å²) in [5.41, 5.74) is 2.23. The Kier molecular flexibility index (Phi) is 6.10. The second-order valence-corrected chi connectivity index (χ2v) is 8.35. The SMILES string of the molecule is Cc1cc(Oc2nc(N3CCOCC3)nc3c2CN(C(=O)c2cccc(F)c2)CC3)ccc1F. The van der Waals surface area contributed by atoms with Gasteiger partial charge in [-0.2, -0.15) is 4.98 Å². The number of hydrogen-bond donors (Lipinski definition) is 0.